The first-order chi connectivity index (χ1) is 17.1. The van der Waals surface area contributed by atoms with E-state index in [1.165, 1.54) is 4.90 Å². The minimum absolute atomic E-state index is 0.331. The summed E-state index contributed by atoms with van der Waals surface area (Å²) in [5.74, 6) is -2.10. The van der Waals surface area contributed by atoms with E-state index in [0.717, 1.165) is 11.1 Å². The molecule has 0 saturated carbocycles. The van der Waals surface area contributed by atoms with Gasteiger partial charge in [-0.15, -0.1) is 0 Å². The van der Waals surface area contributed by atoms with E-state index in [4.69, 9.17) is 4.74 Å². The van der Waals surface area contributed by atoms with Gasteiger partial charge in [0.1, 0.15) is 11.8 Å². The van der Waals surface area contributed by atoms with Crippen LogP contribution in [0, 0.1) is 11.8 Å². The third-order valence-electron chi connectivity index (χ3n) is 6.93. The predicted molar refractivity (Wildman–Crippen MR) is 130 cm³/mol. The Morgan fingerprint density at radius 1 is 0.886 bits per heavy atom. The standard InChI is InChI=1S/C27H22N4O4/c1-35-19-13-11-18(12-14-19)30-26(33)21-22(27(30)34)24(25(32)29-17-8-3-2-4-9-17)31-23(21)20-10-6-5-7-16(20)15-28-31/h2-15,21-24H,1H3,(H,29,32)/t21-,22+,23-,24-/m1/s1. The monoisotopic (exact) mass is 466 g/mol. The molecule has 8 nitrogen and oxygen atoms in total. The van der Waals surface area contributed by atoms with Gasteiger partial charge in [0.15, 0.2) is 0 Å². The quantitative estimate of drug-likeness (QED) is 0.597. The molecule has 3 heterocycles. The van der Waals surface area contributed by atoms with Crippen molar-refractivity contribution in [3.8, 4) is 5.75 Å². The van der Waals surface area contributed by atoms with Crippen LogP contribution in [0.15, 0.2) is 84.0 Å². The van der Waals surface area contributed by atoms with Crippen LogP contribution in [0.4, 0.5) is 11.4 Å². The number of hydrogen-bond donors (Lipinski definition) is 1. The van der Waals surface area contributed by atoms with Crippen LogP contribution in [0.25, 0.3) is 0 Å². The Hall–Kier alpha value is -4.46. The first-order valence-corrected chi connectivity index (χ1v) is 11.4. The molecular weight excluding hydrogens is 444 g/mol. The Bertz CT molecular complexity index is 1360. The van der Waals surface area contributed by atoms with E-state index in [-0.39, 0.29) is 11.8 Å². The predicted octanol–water partition coefficient (Wildman–Crippen LogP) is 3.21. The van der Waals surface area contributed by atoms with Crippen molar-refractivity contribution in [3.63, 3.8) is 0 Å². The molecular formula is C27H22N4O4. The van der Waals surface area contributed by atoms with Crippen LogP contribution in [-0.4, -0.2) is 42.1 Å². The lowest BCUT2D eigenvalue weighted by Gasteiger charge is -2.33. The number of carbonyl (C=O) groups excluding carboxylic acids is 3. The maximum atomic E-state index is 13.8. The van der Waals surface area contributed by atoms with E-state index < -0.39 is 29.8 Å². The van der Waals surface area contributed by atoms with Crippen LogP contribution >= 0.6 is 0 Å². The lowest BCUT2D eigenvalue weighted by molar-refractivity contribution is -0.129. The lowest BCUT2D eigenvalue weighted by atomic mass is 9.85. The van der Waals surface area contributed by atoms with Gasteiger partial charge < -0.3 is 10.1 Å². The van der Waals surface area contributed by atoms with E-state index in [1.807, 2.05) is 42.5 Å². The van der Waals surface area contributed by atoms with Crippen molar-refractivity contribution in [2.24, 2.45) is 16.9 Å². The first-order valence-electron chi connectivity index (χ1n) is 11.4. The molecule has 3 aromatic carbocycles. The fourth-order valence-corrected chi connectivity index (χ4v) is 5.39. The summed E-state index contributed by atoms with van der Waals surface area (Å²) in [6, 6.07) is 22.0. The van der Waals surface area contributed by atoms with E-state index in [9.17, 15) is 14.4 Å². The summed E-state index contributed by atoms with van der Waals surface area (Å²) in [7, 11) is 1.55. The molecule has 35 heavy (non-hydrogen) atoms. The van der Waals surface area contributed by atoms with Crippen molar-refractivity contribution in [1.29, 1.82) is 0 Å². The minimum atomic E-state index is -0.936. The Morgan fingerprint density at radius 2 is 1.57 bits per heavy atom. The van der Waals surface area contributed by atoms with Gasteiger partial charge in [-0.1, -0.05) is 42.5 Å². The number of fused-ring (bicyclic) bond motifs is 5. The summed E-state index contributed by atoms with van der Waals surface area (Å²) in [6.45, 7) is 0. The molecule has 6 rings (SSSR count). The number of anilines is 2. The van der Waals surface area contributed by atoms with Crippen molar-refractivity contribution < 1.29 is 19.1 Å². The van der Waals surface area contributed by atoms with Crippen molar-refractivity contribution in [1.82, 2.24) is 5.01 Å². The molecule has 2 fully saturated rings. The number of para-hydroxylation sites is 1. The van der Waals surface area contributed by atoms with E-state index in [1.54, 1.807) is 54.7 Å². The van der Waals surface area contributed by atoms with E-state index in [0.29, 0.717) is 17.1 Å². The summed E-state index contributed by atoms with van der Waals surface area (Å²) in [6.07, 6.45) is 1.69. The molecule has 174 valence electrons. The number of nitrogens with one attached hydrogen (secondary N) is 1. The summed E-state index contributed by atoms with van der Waals surface area (Å²) in [5, 5.41) is 9.10. The Morgan fingerprint density at radius 3 is 2.31 bits per heavy atom. The zero-order valence-electron chi connectivity index (χ0n) is 18.9. The second-order valence-electron chi connectivity index (χ2n) is 8.76. The maximum absolute atomic E-state index is 13.8. The average Bonchev–Trinajstić information content (AvgIpc) is 3.37. The van der Waals surface area contributed by atoms with E-state index >= 15 is 0 Å². The highest BCUT2D eigenvalue weighted by Crippen LogP contribution is 2.52. The Labute approximate surface area is 201 Å². The van der Waals surface area contributed by atoms with Gasteiger partial charge in [-0.05, 0) is 47.5 Å². The third kappa shape index (κ3) is 3.21. The van der Waals surface area contributed by atoms with Crippen LogP contribution < -0.4 is 15.0 Å². The number of methoxy groups -OCH3 is 1. The number of hydrogen-bond acceptors (Lipinski definition) is 6. The molecule has 2 saturated heterocycles. The summed E-state index contributed by atoms with van der Waals surface area (Å²) < 4.78 is 5.21. The van der Waals surface area contributed by atoms with Crippen molar-refractivity contribution >= 4 is 35.3 Å². The highest BCUT2D eigenvalue weighted by molar-refractivity contribution is 6.24. The van der Waals surface area contributed by atoms with Gasteiger partial charge in [-0.3, -0.25) is 19.4 Å². The van der Waals surface area contributed by atoms with Gasteiger partial charge in [-0.2, -0.15) is 5.10 Å². The van der Waals surface area contributed by atoms with Crippen LogP contribution in [-0.2, 0) is 14.4 Å². The average molecular weight is 466 g/mol. The zero-order chi connectivity index (χ0) is 24.1. The topological polar surface area (TPSA) is 91.3 Å². The highest BCUT2D eigenvalue weighted by atomic mass is 16.5. The number of hydrazone groups is 1. The molecule has 0 unspecified atom stereocenters. The molecule has 8 heteroatoms. The summed E-state index contributed by atoms with van der Waals surface area (Å²) in [4.78, 5) is 42.4. The molecule has 0 aromatic heterocycles. The summed E-state index contributed by atoms with van der Waals surface area (Å²) >= 11 is 0. The van der Waals surface area contributed by atoms with Crippen molar-refractivity contribution in [2.75, 3.05) is 17.3 Å². The number of ether oxygens (including phenoxy) is 1. The van der Waals surface area contributed by atoms with Gasteiger partial charge in [0.05, 0.1) is 36.9 Å². The number of nitrogens with zero attached hydrogens (tertiary/aromatic N) is 3. The summed E-state index contributed by atoms with van der Waals surface area (Å²) in [5.41, 5.74) is 2.82. The van der Waals surface area contributed by atoms with Gasteiger partial charge in [-0.25, -0.2) is 4.90 Å². The van der Waals surface area contributed by atoms with E-state index in [2.05, 4.69) is 10.4 Å². The Balaban J connectivity index is 1.43. The second kappa shape index (κ2) is 8.09. The van der Waals surface area contributed by atoms with Crippen LogP contribution in [0.3, 0.4) is 0 Å². The lowest BCUT2D eigenvalue weighted by Crippen LogP contribution is -2.46. The van der Waals surface area contributed by atoms with Gasteiger partial charge >= 0.3 is 0 Å². The van der Waals surface area contributed by atoms with Crippen LogP contribution in [0.5, 0.6) is 5.75 Å². The molecule has 0 aliphatic carbocycles. The molecule has 4 atom stereocenters. The second-order valence-corrected chi connectivity index (χ2v) is 8.76. The normalized spacial score (nSPS) is 24.1. The number of amides is 3. The molecule has 3 aromatic rings. The molecule has 0 bridgehead atoms. The number of benzene rings is 3. The largest absolute Gasteiger partial charge is 0.497 e. The maximum Gasteiger partial charge on any atom is 0.249 e. The third-order valence-corrected chi connectivity index (χ3v) is 6.93. The van der Waals surface area contributed by atoms with Gasteiger partial charge in [0.25, 0.3) is 0 Å². The fraction of sp³-hybridized carbons (Fsp3) is 0.185. The molecule has 3 aliphatic heterocycles. The molecule has 1 N–H and O–H groups in total. The van der Waals surface area contributed by atoms with Gasteiger partial charge in [0.2, 0.25) is 17.7 Å². The first kappa shape index (κ1) is 21.1. The molecule has 3 amide bonds. The number of carbonyl (C=O) groups is 3. The highest BCUT2D eigenvalue weighted by Gasteiger charge is 2.65. The van der Waals surface area contributed by atoms with Crippen molar-refractivity contribution in [3.05, 3.63) is 90.0 Å². The SMILES string of the molecule is COc1ccc(N2C(=O)[C@@H]3[C@H](C2=O)[C@H](C(=O)Nc2ccccc2)N2N=Cc4ccccc4[C@H]32)cc1. The van der Waals surface area contributed by atoms with Crippen molar-refractivity contribution in [2.45, 2.75) is 12.1 Å². The molecule has 0 radical (unpaired) electrons. The number of imide groups is 1. The Kier molecular flexibility index (Phi) is 4.88. The zero-order valence-corrected chi connectivity index (χ0v) is 18.9. The van der Waals surface area contributed by atoms with Gasteiger partial charge in [0, 0.05) is 5.69 Å². The smallest absolute Gasteiger partial charge is 0.249 e. The van der Waals surface area contributed by atoms with Crippen LogP contribution in [0.1, 0.15) is 17.2 Å². The number of rotatable bonds is 4. The molecule has 0 spiro atoms. The molecule has 3 aliphatic rings. The fourth-order valence-electron chi connectivity index (χ4n) is 5.39. The van der Waals surface area contributed by atoms with Crippen LogP contribution in [0.2, 0.25) is 0 Å². The minimum Gasteiger partial charge on any atom is -0.497 e.